The quantitative estimate of drug-likeness (QED) is 0.902. The number of rotatable bonds is 4. The van der Waals surface area contributed by atoms with Crippen molar-refractivity contribution in [2.45, 2.75) is 25.4 Å². The van der Waals surface area contributed by atoms with Gasteiger partial charge in [-0.1, -0.05) is 30.3 Å². The number of anilines is 1. The molecule has 1 saturated heterocycles. The Hall–Kier alpha value is -0.910. The molecule has 0 aliphatic carbocycles. The van der Waals surface area contributed by atoms with Gasteiger partial charge in [0.2, 0.25) is 0 Å². The van der Waals surface area contributed by atoms with Gasteiger partial charge in [0, 0.05) is 24.5 Å². The largest absolute Gasteiger partial charge is 0.357 e. The fourth-order valence-corrected chi connectivity index (χ4v) is 3.88. The summed E-state index contributed by atoms with van der Waals surface area (Å²) < 4.78 is 0.918. The van der Waals surface area contributed by atoms with Crippen LogP contribution in [0.15, 0.2) is 40.3 Å². The van der Waals surface area contributed by atoms with Crippen LogP contribution in [-0.4, -0.2) is 29.0 Å². The van der Waals surface area contributed by atoms with Gasteiger partial charge in [0.05, 0.1) is 0 Å². The number of likely N-dealkylation sites (tertiary alicyclic amines) is 1. The Morgan fingerprint density at radius 1 is 1.35 bits per heavy atom. The number of thiazole rings is 1. The van der Waals surface area contributed by atoms with Gasteiger partial charge >= 0.3 is 0 Å². The summed E-state index contributed by atoms with van der Waals surface area (Å²) in [4.78, 5) is 6.95. The molecule has 2 heterocycles. The second-order valence-electron chi connectivity index (χ2n) is 5.18. The zero-order valence-electron chi connectivity index (χ0n) is 11.3. The van der Waals surface area contributed by atoms with E-state index in [-0.39, 0.29) is 0 Å². The first kappa shape index (κ1) is 14.0. The van der Waals surface area contributed by atoms with Gasteiger partial charge in [-0.05, 0) is 40.9 Å². The predicted octanol–water partition coefficient (Wildman–Crippen LogP) is 3.98. The maximum absolute atomic E-state index is 4.42. The summed E-state index contributed by atoms with van der Waals surface area (Å²) in [5, 5.41) is 6.59. The van der Waals surface area contributed by atoms with Gasteiger partial charge in [-0.25, -0.2) is 4.98 Å². The molecule has 1 unspecified atom stereocenters. The third kappa shape index (κ3) is 3.81. The maximum Gasteiger partial charge on any atom is 0.183 e. The number of benzene rings is 1. The van der Waals surface area contributed by atoms with Crippen LogP contribution in [0.25, 0.3) is 0 Å². The van der Waals surface area contributed by atoms with Crippen LogP contribution < -0.4 is 5.32 Å². The molecular weight excluding hydrogens is 334 g/mol. The molecule has 106 valence electrons. The highest BCUT2D eigenvalue weighted by Crippen LogP contribution is 2.23. The fraction of sp³-hybridized carbons (Fsp3) is 0.400. The van der Waals surface area contributed by atoms with Crippen LogP contribution in [0.2, 0.25) is 0 Å². The topological polar surface area (TPSA) is 28.2 Å². The van der Waals surface area contributed by atoms with E-state index in [1.165, 1.54) is 24.9 Å². The van der Waals surface area contributed by atoms with Gasteiger partial charge < -0.3 is 5.32 Å². The van der Waals surface area contributed by atoms with Gasteiger partial charge in [0.25, 0.3) is 0 Å². The normalized spacial score (nSPS) is 19.9. The molecule has 2 aromatic rings. The average Bonchev–Trinajstić information content (AvgIpc) is 2.86. The van der Waals surface area contributed by atoms with Crippen LogP contribution >= 0.6 is 27.3 Å². The van der Waals surface area contributed by atoms with Crippen molar-refractivity contribution in [2.75, 3.05) is 18.4 Å². The minimum absolute atomic E-state index is 0.505. The number of piperidine rings is 1. The van der Waals surface area contributed by atoms with Crippen LogP contribution in [0.1, 0.15) is 18.4 Å². The molecule has 0 spiro atoms. The molecular formula is C15H18BrN3S. The Labute approximate surface area is 132 Å². The van der Waals surface area contributed by atoms with E-state index >= 15 is 0 Å². The van der Waals surface area contributed by atoms with E-state index in [0.717, 1.165) is 22.8 Å². The minimum Gasteiger partial charge on any atom is -0.357 e. The summed E-state index contributed by atoms with van der Waals surface area (Å²) in [5.41, 5.74) is 1.39. The first-order valence-corrected chi connectivity index (χ1v) is 8.61. The Morgan fingerprint density at radius 3 is 2.95 bits per heavy atom. The van der Waals surface area contributed by atoms with E-state index in [2.05, 4.69) is 61.5 Å². The molecule has 20 heavy (non-hydrogen) atoms. The monoisotopic (exact) mass is 351 g/mol. The molecule has 5 heteroatoms. The number of nitrogens with zero attached hydrogens (tertiary/aromatic N) is 2. The number of hydrogen-bond donors (Lipinski definition) is 1. The lowest BCUT2D eigenvalue weighted by Crippen LogP contribution is -2.41. The molecule has 0 amide bonds. The van der Waals surface area contributed by atoms with Gasteiger partial charge in [-0.2, -0.15) is 0 Å². The fourth-order valence-electron chi connectivity index (χ4n) is 2.65. The Balaban J connectivity index is 1.56. The average molecular weight is 352 g/mol. The second-order valence-corrected chi connectivity index (χ2v) is 6.85. The summed E-state index contributed by atoms with van der Waals surface area (Å²) in [5.74, 6) is 0. The molecule has 1 N–H and O–H groups in total. The smallest absolute Gasteiger partial charge is 0.183 e. The summed E-state index contributed by atoms with van der Waals surface area (Å²) in [6.07, 6.45) is 2.47. The first-order chi connectivity index (χ1) is 9.79. The van der Waals surface area contributed by atoms with E-state index in [1.54, 1.807) is 11.3 Å². The van der Waals surface area contributed by atoms with Gasteiger partial charge in [0.15, 0.2) is 5.13 Å². The molecule has 1 aliphatic rings. The molecule has 0 bridgehead atoms. The third-order valence-corrected chi connectivity index (χ3v) is 5.04. The van der Waals surface area contributed by atoms with Crippen molar-refractivity contribution in [1.29, 1.82) is 0 Å². The van der Waals surface area contributed by atoms with Gasteiger partial charge in [-0.15, -0.1) is 11.3 Å². The molecule has 1 atom stereocenters. The highest BCUT2D eigenvalue weighted by molar-refractivity contribution is 9.10. The summed E-state index contributed by atoms with van der Waals surface area (Å²) in [7, 11) is 0. The molecule has 0 saturated carbocycles. The number of nitrogens with one attached hydrogen (secondary N) is 1. The van der Waals surface area contributed by atoms with Crippen LogP contribution in [0.5, 0.6) is 0 Å². The lowest BCUT2D eigenvalue weighted by molar-refractivity contribution is 0.208. The van der Waals surface area contributed by atoms with Crippen molar-refractivity contribution in [1.82, 2.24) is 9.88 Å². The van der Waals surface area contributed by atoms with Crippen LogP contribution in [-0.2, 0) is 6.54 Å². The molecule has 3 nitrogen and oxygen atoms in total. The van der Waals surface area contributed by atoms with E-state index in [9.17, 15) is 0 Å². The van der Waals surface area contributed by atoms with E-state index in [0.29, 0.717) is 6.04 Å². The predicted molar refractivity (Wildman–Crippen MR) is 88.2 cm³/mol. The number of aromatic nitrogens is 1. The summed E-state index contributed by atoms with van der Waals surface area (Å²) in [6.45, 7) is 3.32. The molecule has 1 fully saturated rings. The zero-order valence-corrected chi connectivity index (χ0v) is 13.7. The number of halogens is 1. The van der Waals surface area contributed by atoms with Crippen molar-refractivity contribution in [3.63, 3.8) is 0 Å². The standard InChI is InChI=1S/C15H18BrN3S/c16-14-11-20-15(18-14)17-13-7-4-8-19(10-13)9-12-5-2-1-3-6-12/h1-3,5-6,11,13H,4,7-10H2,(H,17,18). The van der Waals surface area contributed by atoms with E-state index in [4.69, 9.17) is 0 Å². The van der Waals surface area contributed by atoms with Crippen LogP contribution in [0, 0.1) is 0 Å². The third-order valence-electron chi connectivity index (χ3n) is 3.56. The van der Waals surface area contributed by atoms with Crippen molar-refractivity contribution in [3.8, 4) is 0 Å². The number of hydrogen-bond acceptors (Lipinski definition) is 4. The Bertz CT molecular complexity index is 543. The summed E-state index contributed by atoms with van der Waals surface area (Å²) in [6, 6.07) is 11.2. The van der Waals surface area contributed by atoms with Gasteiger partial charge in [0.1, 0.15) is 4.60 Å². The molecule has 1 aromatic carbocycles. The molecule has 1 aromatic heterocycles. The molecule has 3 rings (SSSR count). The molecule has 1 aliphatic heterocycles. The second kappa shape index (κ2) is 6.70. The molecule has 0 radical (unpaired) electrons. The summed E-state index contributed by atoms with van der Waals surface area (Å²) >= 11 is 5.06. The van der Waals surface area contributed by atoms with Crippen molar-refractivity contribution in [3.05, 3.63) is 45.9 Å². The Kier molecular flexibility index (Phi) is 4.70. The highest BCUT2D eigenvalue weighted by Gasteiger charge is 2.20. The van der Waals surface area contributed by atoms with Crippen molar-refractivity contribution >= 4 is 32.4 Å². The van der Waals surface area contributed by atoms with E-state index in [1.807, 2.05) is 5.38 Å². The minimum atomic E-state index is 0.505. The van der Waals surface area contributed by atoms with Crippen LogP contribution in [0.3, 0.4) is 0 Å². The Morgan fingerprint density at radius 2 is 2.20 bits per heavy atom. The zero-order chi connectivity index (χ0) is 13.8. The van der Waals surface area contributed by atoms with Crippen molar-refractivity contribution in [2.24, 2.45) is 0 Å². The van der Waals surface area contributed by atoms with Crippen molar-refractivity contribution < 1.29 is 0 Å². The lowest BCUT2D eigenvalue weighted by atomic mass is 10.1. The first-order valence-electron chi connectivity index (χ1n) is 6.93. The van der Waals surface area contributed by atoms with Crippen LogP contribution in [0.4, 0.5) is 5.13 Å². The highest BCUT2D eigenvalue weighted by atomic mass is 79.9. The van der Waals surface area contributed by atoms with E-state index < -0.39 is 0 Å². The van der Waals surface area contributed by atoms with Gasteiger partial charge in [-0.3, -0.25) is 4.90 Å². The maximum atomic E-state index is 4.42. The SMILES string of the molecule is Brc1csc(NC2CCCN(Cc3ccccc3)C2)n1. The lowest BCUT2D eigenvalue weighted by Gasteiger charge is -2.33.